The molecule has 0 saturated heterocycles. The summed E-state index contributed by atoms with van der Waals surface area (Å²) in [7, 11) is 0. The van der Waals surface area contributed by atoms with Gasteiger partial charge in [-0.05, 0) is 18.9 Å². The molecule has 0 aliphatic rings. The first-order valence-corrected chi connectivity index (χ1v) is 8.41. The second kappa shape index (κ2) is 6.94. The Morgan fingerprint density at radius 2 is 2.12 bits per heavy atom. The molecule has 0 saturated carbocycles. The number of aromatic nitrogens is 2. The summed E-state index contributed by atoms with van der Waals surface area (Å²) in [5, 5.41) is 14.0. The monoisotopic (exact) mass is 343 g/mol. The lowest BCUT2D eigenvalue weighted by molar-refractivity contribution is 0.0923. The number of carbonyl (C=O) groups excluding carboxylic acids is 1. The Labute approximate surface area is 142 Å². The molecule has 1 aromatic carbocycles. The van der Waals surface area contributed by atoms with Crippen LogP contribution in [0.3, 0.4) is 0 Å². The van der Waals surface area contributed by atoms with Gasteiger partial charge in [-0.2, -0.15) is 4.98 Å². The molecule has 0 radical (unpaired) electrons. The molecule has 0 spiro atoms. The van der Waals surface area contributed by atoms with Crippen molar-refractivity contribution in [3.05, 3.63) is 69.1 Å². The Balaban J connectivity index is 1.91. The van der Waals surface area contributed by atoms with E-state index in [1.807, 2.05) is 31.2 Å². The molecule has 1 atom stereocenters. The number of nitrogens with one attached hydrogen (secondary N) is 1. The van der Waals surface area contributed by atoms with Gasteiger partial charge < -0.3 is 10.4 Å². The van der Waals surface area contributed by atoms with Crippen LogP contribution in [-0.4, -0.2) is 27.0 Å². The fourth-order valence-electron chi connectivity index (χ4n) is 2.51. The van der Waals surface area contributed by atoms with Gasteiger partial charge in [0.25, 0.3) is 11.5 Å². The van der Waals surface area contributed by atoms with Crippen molar-refractivity contribution >= 4 is 22.2 Å². The molecule has 2 heterocycles. The molecule has 24 heavy (non-hydrogen) atoms. The van der Waals surface area contributed by atoms with Crippen LogP contribution in [0, 0.1) is 6.92 Å². The summed E-state index contributed by atoms with van der Waals surface area (Å²) in [6.45, 7) is 1.93. The van der Waals surface area contributed by atoms with Gasteiger partial charge in [-0.3, -0.25) is 14.0 Å². The molecule has 7 heteroatoms. The number of hydrogen-bond donors (Lipinski definition) is 2. The van der Waals surface area contributed by atoms with Crippen LogP contribution in [0.4, 0.5) is 0 Å². The minimum Gasteiger partial charge on any atom is -0.396 e. The number of aliphatic hydroxyl groups is 1. The topological polar surface area (TPSA) is 83.7 Å². The predicted molar refractivity (Wildman–Crippen MR) is 92.4 cm³/mol. The number of carbonyl (C=O) groups is 1. The Kier molecular flexibility index (Phi) is 4.73. The highest BCUT2D eigenvalue weighted by molar-refractivity contribution is 7.15. The van der Waals surface area contributed by atoms with Crippen LogP contribution >= 0.6 is 11.3 Å². The van der Waals surface area contributed by atoms with Gasteiger partial charge in [0.2, 0.25) is 0 Å². The van der Waals surface area contributed by atoms with E-state index in [0.717, 1.165) is 11.1 Å². The van der Waals surface area contributed by atoms with Crippen LogP contribution in [0.15, 0.2) is 46.7 Å². The van der Waals surface area contributed by atoms with E-state index in [9.17, 15) is 14.7 Å². The number of hydrogen-bond acceptors (Lipinski definition) is 5. The lowest BCUT2D eigenvalue weighted by atomic mass is 10.0. The number of fused-ring (bicyclic) bond motifs is 1. The molecule has 0 aliphatic carbocycles. The van der Waals surface area contributed by atoms with Crippen molar-refractivity contribution in [2.75, 3.05) is 6.61 Å². The van der Waals surface area contributed by atoms with Crippen LogP contribution < -0.4 is 10.9 Å². The third-order valence-electron chi connectivity index (χ3n) is 3.75. The summed E-state index contributed by atoms with van der Waals surface area (Å²) >= 11 is 1.29. The third-order valence-corrected chi connectivity index (χ3v) is 4.51. The van der Waals surface area contributed by atoms with Gasteiger partial charge in [0.15, 0.2) is 4.96 Å². The van der Waals surface area contributed by atoms with Crippen molar-refractivity contribution in [2.24, 2.45) is 0 Å². The van der Waals surface area contributed by atoms with Gasteiger partial charge in [-0.15, -0.1) is 11.3 Å². The van der Waals surface area contributed by atoms with E-state index in [1.165, 1.54) is 17.4 Å². The van der Waals surface area contributed by atoms with E-state index in [1.54, 1.807) is 16.0 Å². The number of thiazole rings is 1. The highest BCUT2D eigenvalue weighted by Gasteiger charge is 2.18. The quantitative estimate of drug-likeness (QED) is 0.741. The fourth-order valence-corrected chi connectivity index (χ4v) is 3.23. The molecule has 124 valence electrons. The first-order valence-electron chi connectivity index (χ1n) is 7.53. The second-order valence-corrected chi connectivity index (χ2v) is 6.36. The first kappa shape index (κ1) is 16.4. The minimum atomic E-state index is -0.448. The second-order valence-electron chi connectivity index (χ2n) is 5.48. The third kappa shape index (κ3) is 3.37. The molecule has 1 amide bonds. The van der Waals surface area contributed by atoms with E-state index in [0.29, 0.717) is 11.4 Å². The van der Waals surface area contributed by atoms with Crippen LogP contribution in [0.1, 0.15) is 34.1 Å². The molecule has 3 aromatic rings. The van der Waals surface area contributed by atoms with Crippen molar-refractivity contribution in [1.82, 2.24) is 14.7 Å². The number of nitrogens with zero attached hydrogens (tertiary/aromatic N) is 2. The minimum absolute atomic E-state index is 0.0526. The van der Waals surface area contributed by atoms with Crippen molar-refractivity contribution < 1.29 is 9.90 Å². The average Bonchev–Trinajstić information content (AvgIpc) is 3.02. The molecule has 0 bridgehead atoms. The molecule has 1 unspecified atom stereocenters. The Bertz CT molecular complexity index is 915. The van der Waals surface area contributed by atoms with Crippen LogP contribution in [-0.2, 0) is 0 Å². The largest absolute Gasteiger partial charge is 0.396 e. The van der Waals surface area contributed by atoms with Crippen LogP contribution in [0.2, 0.25) is 0 Å². The number of aryl methyl sites for hydroxylation is 1. The molecule has 6 nitrogen and oxygen atoms in total. The summed E-state index contributed by atoms with van der Waals surface area (Å²) in [6, 6.07) is 8.66. The van der Waals surface area contributed by atoms with Crippen LogP contribution in [0.25, 0.3) is 4.96 Å². The fraction of sp³-hybridized carbons (Fsp3) is 0.235. The predicted octanol–water partition coefficient (Wildman–Crippen LogP) is 1.92. The van der Waals surface area contributed by atoms with Gasteiger partial charge in [-0.25, -0.2) is 0 Å². The lowest BCUT2D eigenvalue weighted by Gasteiger charge is -2.19. The lowest BCUT2D eigenvalue weighted by Crippen LogP contribution is -2.31. The zero-order chi connectivity index (χ0) is 17.1. The first-order chi connectivity index (χ1) is 11.6. The summed E-state index contributed by atoms with van der Waals surface area (Å²) in [5.74, 6) is -0.373. The summed E-state index contributed by atoms with van der Waals surface area (Å²) in [5.41, 5.74) is 1.82. The van der Waals surface area contributed by atoms with Gasteiger partial charge in [0.1, 0.15) is 5.69 Å². The van der Waals surface area contributed by atoms with Crippen molar-refractivity contribution in [3.63, 3.8) is 0 Å². The maximum absolute atomic E-state index is 12.7. The van der Waals surface area contributed by atoms with Gasteiger partial charge in [0.05, 0.1) is 6.04 Å². The molecular formula is C17H17N3O3S. The van der Waals surface area contributed by atoms with Crippen molar-refractivity contribution in [2.45, 2.75) is 19.4 Å². The average molecular weight is 343 g/mol. The molecular weight excluding hydrogens is 326 g/mol. The zero-order valence-electron chi connectivity index (χ0n) is 13.1. The zero-order valence-corrected chi connectivity index (χ0v) is 13.9. The maximum atomic E-state index is 12.7. The van der Waals surface area contributed by atoms with E-state index in [4.69, 9.17) is 0 Å². The summed E-state index contributed by atoms with van der Waals surface area (Å²) in [4.78, 5) is 28.7. The molecule has 2 aromatic heterocycles. The SMILES string of the molecule is Cc1ccc(C(CCO)NC(=O)c2cc(=O)nc3sccn23)cc1. The van der Waals surface area contributed by atoms with Gasteiger partial charge in [-0.1, -0.05) is 29.8 Å². The molecule has 2 N–H and O–H groups in total. The molecule has 3 rings (SSSR count). The Morgan fingerprint density at radius 3 is 2.83 bits per heavy atom. The Hall–Kier alpha value is -2.51. The highest BCUT2D eigenvalue weighted by Crippen LogP contribution is 2.18. The van der Waals surface area contributed by atoms with E-state index in [2.05, 4.69) is 10.3 Å². The highest BCUT2D eigenvalue weighted by atomic mass is 32.1. The van der Waals surface area contributed by atoms with Crippen molar-refractivity contribution in [1.29, 1.82) is 0 Å². The van der Waals surface area contributed by atoms with E-state index < -0.39 is 5.56 Å². The summed E-state index contributed by atoms with van der Waals surface area (Å²) < 4.78 is 1.59. The van der Waals surface area contributed by atoms with Crippen molar-refractivity contribution in [3.8, 4) is 0 Å². The summed E-state index contributed by atoms with van der Waals surface area (Å²) in [6.07, 6.45) is 2.09. The standard InChI is InChI=1S/C17H17N3O3S/c1-11-2-4-12(5-3-11)13(6-8-21)18-16(23)14-10-15(22)19-17-20(14)7-9-24-17/h2-5,7,9-10,13,21H,6,8H2,1H3,(H,18,23). The van der Waals surface area contributed by atoms with Gasteiger partial charge in [0, 0.05) is 24.3 Å². The maximum Gasteiger partial charge on any atom is 0.274 e. The smallest absolute Gasteiger partial charge is 0.274 e. The molecule has 0 fully saturated rings. The van der Waals surface area contributed by atoms with Crippen LogP contribution in [0.5, 0.6) is 0 Å². The number of benzene rings is 1. The molecule has 0 aliphatic heterocycles. The Morgan fingerprint density at radius 1 is 1.38 bits per heavy atom. The number of aliphatic hydroxyl groups excluding tert-OH is 1. The normalized spacial score (nSPS) is 12.2. The number of amides is 1. The van der Waals surface area contributed by atoms with E-state index in [-0.39, 0.29) is 24.2 Å². The number of rotatable bonds is 5. The van der Waals surface area contributed by atoms with Gasteiger partial charge >= 0.3 is 0 Å². The van der Waals surface area contributed by atoms with E-state index >= 15 is 0 Å².